The fourth-order valence-corrected chi connectivity index (χ4v) is 3.72. The molecule has 4 nitrogen and oxygen atoms in total. The summed E-state index contributed by atoms with van der Waals surface area (Å²) in [4.78, 5) is 13.0. The standard InChI is InChI=1S/C16H22N4S/c1-10-11-6-8-21-12(11)5-7-20(10)14-9-13(17)18-15(19-14)16(2,3)4/h6,8-10H,5,7H2,1-4H3,(H2,17,18,19). The van der Waals surface area contributed by atoms with Crippen molar-refractivity contribution < 1.29 is 0 Å². The summed E-state index contributed by atoms with van der Waals surface area (Å²) in [5.74, 6) is 2.30. The maximum absolute atomic E-state index is 6.01. The van der Waals surface area contributed by atoms with Crippen LogP contribution >= 0.6 is 11.3 Å². The van der Waals surface area contributed by atoms with Gasteiger partial charge in [0.15, 0.2) is 0 Å². The zero-order chi connectivity index (χ0) is 15.2. The molecular weight excluding hydrogens is 280 g/mol. The summed E-state index contributed by atoms with van der Waals surface area (Å²) in [5, 5.41) is 2.18. The molecule has 0 saturated carbocycles. The summed E-state index contributed by atoms with van der Waals surface area (Å²) in [7, 11) is 0. The maximum atomic E-state index is 6.01. The predicted molar refractivity (Wildman–Crippen MR) is 88.9 cm³/mol. The van der Waals surface area contributed by atoms with Crippen LogP contribution in [0, 0.1) is 0 Å². The monoisotopic (exact) mass is 302 g/mol. The summed E-state index contributed by atoms with van der Waals surface area (Å²) < 4.78 is 0. The van der Waals surface area contributed by atoms with Crippen LogP contribution in [0.1, 0.15) is 50.0 Å². The molecule has 0 spiro atoms. The van der Waals surface area contributed by atoms with Gasteiger partial charge in [-0.2, -0.15) is 0 Å². The van der Waals surface area contributed by atoms with Crippen molar-refractivity contribution in [3.8, 4) is 0 Å². The van der Waals surface area contributed by atoms with Crippen LogP contribution in [0.3, 0.4) is 0 Å². The van der Waals surface area contributed by atoms with E-state index in [2.05, 4.69) is 49.0 Å². The van der Waals surface area contributed by atoms with Gasteiger partial charge in [0, 0.05) is 22.9 Å². The first-order valence-corrected chi connectivity index (χ1v) is 8.22. The maximum Gasteiger partial charge on any atom is 0.138 e. The van der Waals surface area contributed by atoms with Gasteiger partial charge in [-0.1, -0.05) is 20.8 Å². The fourth-order valence-electron chi connectivity index (χ4n) is 2.76. The minimum atomic E-state index is -0.100. The summed E-state index contributed by atoms with van der Waals surface area (Å²) in [6.45, 7) is 9.56. The van der Waals surface area contributed by atoms with Crippen molar-refractivity contribution in [1.82, 2.24) is 9.97 Å². The summed E-state index contributed by atoms with van der Waals surface area (Å²) in [5.41, 5.74) is 7.32. The third-order valence-corrected chi connectivity index (χ3v) is 4.97. The molecule has 2 aromatic rings. The van der Waals surface area contributed by atoms with Crippen molar-refractivity contribution in [2.24, 2.45) is 0 Å². The highest BCUT2D eigenvalue weighted by Gasteiger charge is 2.27. The Hall–Kier alpha value is -1.62. The number of fused-ring (bicyclic) bond motifs is 1. The van der Waals surface area contributed by atoms with Crippen molar-refractivity contribution in [2.45, 2.75) is 45.6 Å². The number of nitrogens with zero attached hydrogens (tertiary/aromatic N) is 3. The van der Waals surface area contributed by atoms with Crippen LogP contribution < -0.4 is 10.6 Å². The van der Waals surface area contributed by atoms with E-state index < -0.39 is 0 Å². The third-order valence-electron chi connectivity index (χ3n) is 3.97. The van der Waals surface area contributed by atoms with Crippen LogP contribution in [-0.2, 0) is 11.8 Å². The normalized spacial score (nSPS) is 18.7. The number of rotatable bonds is 1. The number of aromatic nitrogens is 2. The molecule has 3 heterocycles. The van der Waals surface area contributed by atoms with Gasteiger partial charge in [-0.3, -0.25) is 0 Å². The van der Waals surface area contributed by atoms with Crippen LogP contribution in [0.5, 0.6) is 0 Å². The topological polar surface area (TPSA) is 55.0 Å². The quantitative estimate of drug-likeness (QED) is 0.875. The minimum absolute atomic E-state index is 0.100. The molecule has 112 valence electrons. The molecule has 0 radical (unpaired) electrons. The Morgan fingerprint density at radius 3 is 2.81 bits per heavy atom. The van der Waals surface area contributed by atoms with Crippen LogP contribution in [0.4, 0.5) is 11.6 Å². The number of hydrogen-bond acceptors (Lipinski definition) is 5. The van der Waals surface area contributed by atoms with Crippen LogP contribution in [0.15, 0.2) is 17.5 Å². The van der Waals surface area contributed by atoms with Gasteiger partial charge in [-0.05, 0) is 30.4 Å². The molecule has 21 heavy (non-hydrogen) atoms. The SMILES string of the molecule is CC1c2ccsc2CCN1c1cc(N)nc(C(C)(C)C)n1. The largest absolute Gasteiger partial charge is 0.384 e. The average Bonchev–Trinajstić information content (AvgIpc) is 2.86. The molecule has 0 saturated heterocycles. The van der Waals surface area contributed by atoms with Gasteiger partial charge in [0.25, 0.3) is 0 Å². The molecule has 1 aliphatic rings. The molecule has 0 amide bonds. The van der Waals surface area contributed by atoms with Crippen LogP contribution in [-0.4, -0.2) is 16.5 Å². The predicted octanol–water partition coefficient (Wildman–Crippen LogP) is 3.54. The zero-order valence-electron chi connectivity index (χ0n) is 13.1. The Bertz CT molecular complexity index is 657. The summed E-state index contributed by atoms with van der Waals surface area (Å²) in [6.07, 6.45) is 1.08. The molecule has 1 atom stereocenters. The number of anilines is 2. The van der Waals surface area contributed by atoms with Gasteiger partial charge in [-0.25, -0.2) is 9.97 Å². The number of nitrogen functional groups attached to an aromatic ring is 1. The summed E-state index contributed by atoms with van der Waals surface area (Å²) >= 11 is 1.85. The Morgan fingerprint density at radius 2 is 2.10 bits per heavy atom. The van der Waals surface area contributed by atoms with Crippen molar-refractivity contribution in [3.63, 3.8) is 0 Å². The van der Waals surface area contributed by atoms with Gasteiger partial charge >= 0.3 is 0 Å². The third kappa shape index (κ3) is 2.62. The molecular formula is C16H22N4S. The van der Waals surface area contributed by atoms with E-state index in [1.165, 1.54) is 10.4 Å². The van der Waals surface area contributed by atoms with Crippen LogP contribution in [0.25, 0.3) is 0 Å². The molecule has 5 heteroatoms. The molecule has 0 aromatic carbocycles. The van der Waals surface area contributed by atoms with Gasteiger partial charge in [0.2, 0.25) is 0 Å². The van der Waals surface area contributed by atoms with E-state index in [9.17, 15) is 0 Å². The van der Waals surface area contributed by atoms with Crippen LogP contribution in [0.2, 0.25) is 0 Å². The molecule has 1 unspecified atom stereocenters. The Kier molecular flexibility index (Phi) is 3.40. The van der Waals surface area contributed by atoms with E-state index in [0.29, 0.717) is 11.9 Å². The lowest BCUT2D eigenvalue weighted by Crippen LogP contribution is -2.34. The first-order chi connectivity index (χ1) is 9.86. The number of hydrogen-bond donors (Lipinski definition) is 1. The second kappa shape index (κ2) is 4.98. The minimum Gasteiger partial charge on any atom is -0.384 e. The Balaban J connectivity index is 2.00. The molecule has 0 aliphatic carbocycles. The van der Waals surface area contributed by atoms with E-state index in [-0.39, 0.29) is 5.41 Å². The highest BCUT2D eigenvalue weighted by molar-refractivity contribution is 7.10. The van der Waals surface area contributed by atoms with E-state index in [0.717, 1.165) is 24.6 Å². The van der Waals surface area contributed by atoms with E-state index in [1.807, 2.05) is 17.4 Å². The lowest BCUT2D eigenvalue weighted by atomic mass is 9.95. The van der Waals surface area contributed by atoms with Crippen molar-refractivity contribution in [3.05, 3.63) is 33.8 Å². The second-order valence-electron chi connectivity index (χ2n) is 6.64. The van der Waals surface area contributed by atoms with E-state index in [1.54, 1.807) is 0 Å². The fraction of sp³-hybridized carbons (Fsp3) is 0.500. The molecule has 0 bridgehead atoms. The molecule has 1 aliphatic heterocycles. The first kappa shape index (κ1) is 14.3. The van der Waals surface area contributed by atoms with Crippen molar-refractivity contribution in [2.75, 3.05) is 17.2 Å². The van der Waals surface area contributed by atoms with Gasteiger partial charge in [-0.15, -0.1) is 11.3 Å². The number of thiophene rings is 1. The molecule has 2 N–H and O–H groups in total. The highest BCUT2D eigenvalue weighted by Crippen LogP contribution is 2.36. The van der Waals surface area contributed by atoms with Gasteiger partial charge in [0.05, 0.1) is 6.04 Å². The Morgan fingerprint density at radius 1 is 1.33 bits per heavy atom. The number of nitrogens with two attached hydrogens (primary N) is 1. The molecule has 0 fully saturated rings. The van der Waals surface area contributed by atoms with Gasteiger partial charge < -0.3 is 10.6 Å². The zero-order valence-corrected chi connectivity index (χ0v) is 13.9. The highest BCUT2D eigenvalue weighted by atomic mass is 32.1. The van der Waals surface area contributed by atoms with Crippen molar-refractivity contribution in [1.29, 1.82) is 0 Å². The van der Waals surface area contributed by atoms with Crippen molar-refractivity contribution >= 4 is 23.0 Å². The average molecular weight is 302 g/mol. The molecule has 2 aromatic heterocycles. The lowest BCUT2D eigenvalue weighted by Gasteiger charge is -2.35. The first-order valence-electron chi connectivity index (χ1n) is 7.34. The smallest absolute Gasteiger partial charge is 0.138 e. The lowest BCUT2D eigenvalue weighted by molar-refractivity contribution is 0.540. The van der Waals surface area contributed by atoms with E-state index in [4.69, 9.17) is 10.7 Å². The van der Waals surface area contributed by atoms with E-state index >= 15 is 0 Å². The Labute approximate surface area is 130 Å². The second-order valence-corrected chi connectivity index (χ2v) is 7.64. The van der Waals surface area contributed by atoms with Gasteiger partial charge in [0.1, 0.15) is 17.5 Å². The molecule has 3 rings (SSSR count). The summed E-state index contributed by atoms with van der Waals surface area (Å²) in [6, 6.07) is 4.46.